The Hall–Kier alpha value is -4.91. The highest BCUT2D eigenvalue weighted by Gasteiger charge is 2.44. The Morgan fingerprint density at radius 1 is 0.774 bits per heavy atom. The number of carbonyl (C=O) groups excluding carboxylic acids is 4. The summed E-state index contributed by atoms with van der Waals surface area (Å²) in [6.45, 7) is 9.27. The summed E-state index contributed by atoms with van der Waals surface area (Å²) in [7, 11) is 0. The van der Waals surface area contributed by atoms with E-state index < -0.39 is 23.8 Å². The second-order valence-corrected chi connectivity index (χ2v) is 14.9. The van der Waals surface area contributed by atoms with Crippen LogP contribution < -0.4 is 16.0 Å². The second kappa shape index (κ2) is 14.8. The summed E-state index contributed by atoms with van der Waals surface area (Å²) in [6.07, 6.45) is 5.42. The first-order chi connectivity index (χ1) is 25.7. The predicted octanol–water partition coefficient (Wildman–Crippen LogP) is 4.23. The van der Waals surface area contributed by atoms with E-state index in [-0.39, 0.29) is 24.6 Å². The zero-order valence-corrected chi connectivity index (χ0v) is 29.9. The minimum Gasteiger partial charge on any atom is -0.371 e. The molecule has 53 heavy (non-hydrogen) atoms. The van der Waals surface area contributed by atoms with Gasteiger partial charge in [-0.05, 0) is 91.7 Å². The standard InChI is InChI=1S/C41H46FN7O4/c42-30-5-3-29(4-6-30)35-26-48(15-1-14-43)36-9-2-28(22-33(35)36)25-46-20-18-45(19-21-46)24-27-12-16-47(17-13-27)31-7-8-32-34(23-31)41(53)49(40(32)52)37-10-11-38(50)44-39(37)51/h2-9,22-23,26-27,37H,1,10-21,24-25,43H2,(H,44,50,51). The van der Waals surface area contributed by atoms with Gasteiger partial charge in [-0.2, -0.15) is 0 Å². The van der Waals surface area contributed by atoms with Crippen molar-refractivity contribution in [3.63, 3.8) is 0 Å². The number of halogens is 1. The van der Waals surface area contributed by atoms with Gasteiger partial charge in [0.1, 0.15) is 11.9 Å². The van der Waals surface area contributed by atoms with Gasteiger partial charge in [0.2, 0.25) is 11.8 Å². The smallest absolute Gasteiger partial charge is 0.262 e. The molecule has 0 saturated carbocycles. The zero-order valence-electron chi connectivity index (χ0n) is 29.9. The van der Waals surface area contributed by atoms with Gasteiger partial charge in [0.15, 0.2) is 0 Å². The van der Waals surface area contributed by atoms with Crippen LogP contribution in [0, 0.1) is 11.7 Å². The first kappa shape index (κ1) is 35.1. The van der Waals surface area contributed by atoms with E-state index in [1.165, 1.54) is 28.6 Å². The molecule has 8 rings (SSSR count). The van der Waals surface area contributed by atoms with E-state index in [0.29, 0.717) is 23.6 Å². The molecule has 4 aliphatic heterocycles. The van der Waals surface area contributed by atoms with E-state index in [1.807, 2.05) is 18.2 Å². The Morgan fingerprint density at radius 3 is 2.25 bits per heavy atom. The average molecular weight is 720 g/mol. The van der Waals surface area contributed by atoms with Gasteiger partial charge in [-0.15, -0.1) is 0 Å². The second-order valence-electron chi connectivity index (χ2n) is 14.9. The van der Waals surface area contributed by atoms with Crippen molar-refractivity contribution in [1.29, 1.82) is 0 Å². The van der Waals surface area contributed by atoms with Crippen LogP contribution in [0.2, 0.25) is 0 Å². The molecule has 1 aromatic heterocycles. The maximum Gasteiger partial charge on any atom is 0.262 e. The van der Waals surface area contributed by atoms with Crippen LogP contribution in [0.3, 0.4) is 0 Å². The van der Waals surface area contributed by atoms with Crippen LogP contribution in [0.15, 0.2) is 66.9 Å². The molecule has 4 aliphatic rings. The Labute approximate surface area is 308 Å². The van der Waals surface area contributed by atoms with Gasteiger partial charge < -0.3 is 20.1 Å². The lowest BCUT2D eigenvalue weighted by molar-refractivity contribution is -0.136. The van der Waals surface area contributed by atoms with E-state index in [9.17, 15) is 23.6 Å². The lowest BCUT2D eigenvalue weighted by atomic mass is 9.95. The van der Waals surface area contributed by atoms with E-state index in [1.54, 1.807) is 12.1 Å². The van der Waals surface area contributed by atoms with Gasteiger partial charge in [-0.25, -0.2) is 4.39 Å². The molecule has 0 aliphatic carbocycles. The maximum absolute atomic E-state index is 13.7. The van der Waals surface area contributed by atoms with E-state index in [4.69, 9.17) is 5.73 Å². The molecule has 3 N–H and O–H groups in total. The van der Waals surface area contributed by atoms with Crippen molar-refractivity contribution in [3.05, 3.63) is 89.4 Å². The maximum atomic E-state index is 13.7. The summed E-state index contributed by atoms with van der Waals surface area (Å²) in [5.74, 6) is -1.57. The number of hydrogen-bond donors (Lipinski definition) is 2. The number of aromatic nitrogens is 1. The largest absolute Gasteiger partial charge is 0.371 e. The van der Waals surface area contributed by atoms with Crippen LogP contribution >= 0.6 is 0 Å². The molecule has 1 unspecified atom stereocenters. The fraction of sp³-hybridized carbons (Fsp3) is 0.415. The minimum absolute atomic E-state index is 0.101. The number of carbonyl (C=O) groups is 4. The van der Waals surface area contributed by atoms with Crippen LogP contribution in [0.5, 0.6) is 0 Å². The number of piperidine rings is 2. The molecule has 4 aromatic rings. The Balaban J connectivity index is 0.841. The van der Waals surface area contributed by atoms with Crippen molar-refractivity contribution >= 4 is 40.2 Å². The lowest BCUT2D eigenvalue weighted by Crippen LogP contribution is -2.54. The normalized spacial score (nSPS) is 20.5. The van der Waals surface area contributed by atoms with Crippen LogP contribution in [-0.2, 0) is 22.7 Å². The molecule has 3 fully saturated rings. The van der Waals surface area contributed by atoms with Crippen LogP contribution in [0.1, 0.15) is 58.4 Å². The molecule has 12 heteroatoms. The molecule has 4 amide bonds. The van der Waals surface area contributed by atoms with Crippen molar-refractivity contribution < 1.29 is 23.6 Å². The van der Waals surface area contributed by atoms with Gasteiger partial charge in [-0.3, -0.25) is 34.3 Å². The molecule has 276 valence electrons. The molecule has 0 bridgehead atoms. The van der Waals surface area contributed by atoms with Gasteiger partial charge >= 0.3 is 0 Å². The molecule has 0 spiro atoms. The van der Waals surface area contributed by atoms with Crippen molar-refractivity contribution in [3.8, 4) is 11.1 Å². The highest BCUT2D eigenvalue weighted by atomic mass is 19.1. The molecule has 5 heterocycles. The van der Waals surface area contributed by atoms with Gasteiger partial charge in [-0.1, -0.05) is 18.2 Å². The first-order valence-corrected chi connectivity index (χ1v) is 18.9. The number of fused-ring (bicyclic) bond motifs is 2. The Bertz CT molecular complexity index is 2050. The van der Waals surface area contributed by atoms with Gasteiger partial charge in [0.25, 0.3) is 11.8 Å². The number of nitrogens with one attached hydrogen (secondary N) is 1. The molecule has 3 aromatic carbocycles. The Kier molecular flexibility index (Phi) is 9.84. The number of piperazine rings is 1. The monoisotopic (exact) mass is 719 g/mol. The molecular weight excluding hydrogens is 673 g/mol. The number of hydrogen-bond acceptors (Lipinski definition) is 8. The molecule has 11 nitrogen and oxygen atoms in total. The average Bonchev–Trinajstić information content (AvgIpc) is 3.65. The summed E-state index contributed by atoms with van der Waals surface area (Å²) < 4.78 is 16.0. The topological polar surface area (TPSA) is 124 Å². The SMILES string of the molecule is NCCCn1cc(-c2ccc(F)cc2)c2cc(CN3CCN(CC4CCN(c5ccc6c(c5)C(=O)N(C5CCC(=O)NC5=O)C6=O)CC4)CC3)ccc21. The van der Waals surface area contributed by atoms with Crippen LogP contribution in [0.4, 0.5) is 10.1 Å². The quantitative estimate of drug-likeness (QED) is 0.234. The van der Waals surface area contributed by atoms with Crippen LogP contribution in [0.25, 0.3) is 22.0 Å². The molecular formula is C41H46FN7O4. The van der Waals surface area contributed by atoms with Crippen molar-refractivity contribution in [2.75, 3.05) is 57.3 Å². The summed E-state index contributed by atoms with van der Waals surface area (Å²) in [6, 6.07) is 17.9. The zero-order chi connectivity index (χ0) is 36.6. The fourth-order valence-electron chi connectivity index (χ4n) is 8.53. The van der Waals surface area contributed by atoms with Gasteiger partial charge in [0.05, 0.1) is 11.1 Å². The minimum atomic E-state index is -0.960. The highest BCUT2D eigenvalue weighted by Crippen LogP contribution is 2.34. The van der Waals surface area contributed by atoms with Crippen LogP contribution in [-0.4, -0.2) is 101 Å². The summed E-state index contributed by atoms with van der Waals surface area (Å²) in [5, 5.41) is 3.44. The lowest BCUT2D eigenvalue weighted by Gasteiger charge is -2.39. The summed E-state index contributed by atoms with van der Waals surface area (Å²) in [4.78, 5) is 58.9. The number of nitrogens with zero attached hydrogens (tertiary/aromatic N) is 5. The third-order valence-corrected chi connectivity index (χ3v) is 11.5. The molecule has 0 radical (unpaired) electrons. The third-order valence-electron chi connectivity index (χ3n) is 11.5. The molecule has 1 atom stereocenters. The first-order valence-electron chi connectivity index (χ1n) is 18.9. The number of benzene rings is 3. The number of imide groups is 2. The number of rotatable bonds is 10. The number of anilines is 1. The number of aryl methyl sites for hydroxylation is 1. The van der Waals surface area contributed by atoms with Crippen molar-refractivity contribution in [2.24, 2.45) is 11.7 Å². The third kappa shape index (κ3) is 7.10. The van der Waals surface area contributed by atoms with E-state index >= 15 is 0 Å². The Morgan fingerprint density at radius 2 is 1.51 bits per heavy atom. The van der Waals surface area contributed by atoms with E-state index in [0.717, 1.165) is 99.9 Å². The van der Waals surface area contributed by atoms with E-state index in [2.05, 4.69) is 49.0 Å². The summed E-state index contributed by atoms with van der Waals surface area (Å²) in [5.41, 5.74) is 12.0. The summed E-state index contributed by atoms with van der Waals surface area (Å²) >= 11 is 0. The van der Waals surface area contributed by atoms with Crippen molar-refractivity contribution in [1.82, 2.24) is 24.6 Å². The van der Waals surface area contributed by atoms with Crippen molar-refractivity contribution in [2.45, 2.75) is 51.2 Å². The fourth-order valence-corrected chi connectivity index (χ4v) is 8.53. The highest BCUT2D eigenvalue weighted by molar-refractivity contribution is 6.23. The molecule has 3 saturated heterocycles. The number of nitrogens with two attached hydrogens (primary N) is 1. The predicted molar refractivity (Wildman–Crippen MR) is 201 cm³/mol. The number of amides is 4. The van der Waals surface area contributed by atoms with Gasteiger partial charge in [0, 0.05) is 93.7 Å².